The van der Waals surface area contributed by atoms with Gasteiger partial charge in [0.25, 0.3) is 0 Å². The molecule has 1 atom stereocenters. The number of para-hydroxylation sites is 1. The van der Waals surface area contributed by atoms with E-state index in [4.69, 9.17) is 9.47 Å². The molecule has 1 aliphatic heterocycles. The molecule has 0 fully saturated rings. The number of rotatable bonds is 7. The summed E-state index contributed by atoms with van der Waals surface area (Å²) < 4.78 is 11.4. The number of carbonyl (C=O) groups excluding carboxylic acids is 2. The summed E-state index contributed by atoms with van der Waals surface area (Å²) in [7, 11) is 0. The normalized spacial score (nSPS) is 20.4. The lowest BCUT2D eigenvalue weighted by molar-refractivity contribution is -0.138. The first-order valence-corrected chi connectivity index (χ1v) is 10.5. The zero-order valence-corrected chi connectivity index (χ0v) is 18.3. The van der Waals surface area contributed by atoms with Gasteiger partial charge in [-0.05, 0) is 31.2 Å². The topological polar surface area (TPSA) is 64.6 Å². The highest BCUT2D eigenvalue weighted by Gasteiger charge is 2.43. The lowest BCUT2D eigenvalue weighted by atomic mass is 9.68. The number of benzene rings is 1. The molecule has 5 nitrogen and oxygen atoms in total. The number of dihydropyridines is 1. The highest BCUT2D eigenvalue weighted by atomic mass is 16.5. The van der Waals surface area contributed by atoms with E-state index in [0.29, 0.717) is 35.6 Å². The average Bonchev–Trinajstić information content (AvgIpc) is 2.68. The van der Waals surface area contributed by atoms with Gasteiger partial charge in [0.2, 0.25) is 0 Å². The standard InChI is InChI=1S/C25H31NO4/c1-6-12-29-20-11-9-8-10-17(20)22-21(24(28)30-13-7-2)16(3)26-18-14-25(4,5)15-19(27)23(18)22/h7-11,22,26H,2,6,12-15H2,1,3-5H3. The van der Waals surface area contributed by atoms with Crippen molar-refractivity contribution in [1.82, 2.24) is 5.32 Å². The van der Waals surface area contributed by atoms with Gasteiger partial charge in [0.05, 0.1) is 18.1 Å². The number of nitrogens with one attached hydrogen (secondary N) is 1. The fourth-order valence-corrected chi connectivity index (χ4v) is 4.29. The molecule has 2 aliphatic rings. The summed E-state index contributed by atoms with van der Waals surface area (Å²) in [6.07, 6.45) is 3.59. The van der Waals surface area contributed by atoms with Crippen LogP contribution in [0.5, 0.6) is 5.75 Å². The van der Waals surface area contributed by atoms with Gasteiger partial charge >= 0.3 is 5.97 Å². The van der Waals surface area contributed by atoms with Crippen molar-refractivity contribution in [3.8, 4) is 5.75 Å². The summed E-state index contributed by atoms with van der Waals surface area (Å²) in [5.74, 6) is -0.210. The van der Waals surface area contributed by atoms with Crippen molar-refractivity contribution >= 4 is 11.8 Å². The molecule has 0 aromatic heterocycles. The van der Waals surface area contributed by atoms with Crippen LogP contribution in [0.15, 0.2) is 59.5 Å². The molecule has 1 unspecified atom stereocenters. The molecular weight excluding hydrogens is 378 g/mol. The highest BCUT2D eigenvalue weighted by molar-refractivity contribution is 6.04. The fraction of sp³-hybridized carbons (Fsp3) is 0.440. The van der Waals surface area contributed by atoms with E-state index in [1.54, 1.807) is 0 Å². The van der Waals surface area contributed by atoms with Crippen LogP contribution in [0, 0.1) is 5.41 Å². The maximum Gasteiger partial charge on any atom is 0.337 e. The maximum atomic E-state index is 13.3. The first-order chi connectivity index (χ1) is 14.3. The second-order valence-electron chi connectivity index (χ2n) is 8.70. The molecule has 0 amide bonds. The molecule has 30 heavy (non-hydrogen) atoms. The van der Waals surface area contributed by atoms with Gasteiger partial charge in [-0.1, -0.05) is 51.6 Å². The van der Waals surface area contributed by atoms with Crippen molar-refractivity contribution < 1.29 is 19.1 Å². The Labute approximate surface area is 178 Å². The molecule has 1 aromatic carbocycles. The number of ketones is 1. The molecule has 0 spiro atoms. The van der Waals surface area contributed by atoms with Crippen molar-refractivity contribution in [2.24, 2.45) is 5.41 Å². The first kappa shape index (κ1) is 21.9. The zero-order valence-electron chi connectivity index (χ0n) is 18.3. The number of ether oxygens (including phenoxy) is 2. The number of Topliss-reactive ketones (excluding diaryl/α,β-unsaturated/α-hetero) is 1. The predicted octanol–water partition coefficient (Wildman–Crippen LogP) is 4.81. The highest BCUT2D eigenvalue weighted by Crippen LogP contribution is 2.48. The van der Waals surface area contributed by atoms with Gasteiger partial charge in [-0.25, -0.2) is 4.79 Å². The fourth-order valence-electron chi connectivity index (χ4n) is 4.29. The van der Waals surface area contributed by atoms with E-state index in [9.17, 15) is 9.59 Å². The summed E-state index contributed by atoms with van der Waals surface area (Å²) in [6.45, 7) is 12.4. The molecule has 0 bridgehead atoms. The third-order valence-corrected chi connectivity index (χ3v) is 5.48. The molecule has 1 aromatic rings. The Morgan fingerprint density at radius 3 is 2.73 bits per heavy atom. The summed E-state index contributed by atoms with van der Waals surface area (Å²) in [6, 6.07) is 7.65. The van der Waals surface area contributed by atoms with E-state index in [-0.39, 0.29) is 17.8 Å². The van der Waals surface area contributed by atoms with E-state index in [1.165, 1.54) is 6.08 Å². The Kier molecular flexibility index (Phi) is 6.49. The first-order valence-electron chi connectivity index (χ1n) is 10.5. The van der Waals surface area contributed by atoms with Crippen LogP contribution < -0.4 is 10.1 Å². The van der Waals surface area contributed by atoms with Gasteiger partial charge in [0, 0.05) is 29.0 Å². The number of esters is 1. The number of hydrogen-bond acceptors (Lipinski definition) is 5. The second-order valence-corrected chi connectivity index (χ2v) is 8.70. The molecule has 5 heteroatoms. The van der Waals surface area contributed by atoms with Crippen LogP contribution in [-0.2, 0) is 14.3 Å². The molecule has 0 radical (unpaired) electrons. The zero-order chi connectivity index (χ0) is 21.9. The minimum absolute atomic E-state index is 0.0607. The van der Waals surface area contributed by atoms with E-state index in [1.807, 2.05) is 38.1 Å². The van der Waals surface area contributed by atoms with E-state index < -0.39 is 11.9 Å². The Balaban J connectivity index is 2.17. The number of allylic oxidation sites excluding steroid dienone is 3. The third-order valence-electron chi connectivity index (χ3n) is 5.48. The van der Waals surface area contributed by atoms with Gasteiger partial charge in [-0.2, -0.15) is 0 Å². The summed E-state index contributed by atoms with van der Waals surface area (Å²) >= 11 is 0. The van der Waals surface area contributed by atoms with Gasteiger partial charge in [-0.15, -0.1) is 0 Å². The lowest BCUT2D eigenvalue weighted by Crippen LogP contribution is -2.38. The van der Waals surface area contributed by atoms with Crippen molar-refractivity contribution in [3.63, 3.8) is 0 Å². The monoisotopic (exact) mass is 409 g/mol. The van der Waals surface area contributed by atoms with Crippen molar-refractivity contribution in [2.45, 2.75) is 52.9 Å². The Morgan fingerprint density at radius 1 is 1.30 bits per heavy atom. The van der Waals surface area contributed by atoms with Crippen molar-refractivity contribution in [3.05, 3.63) is 65.0 Å². The Bertz CT molecular complexity index is 923. The Hall–Kier alpha value is -2.82. The molecular formula is C25H31NO4. The van der Waals surface area contributed by atoms with Gasteiger partial charge in [0.1, 0.15) is 12.4 Å². The largest absolute Gasteiger partial charge is 0.493 e. The summed E-state index contributed by atoms with van der Waals surface area (Å²) in [4.78, 5) is 26.4. The van der Waals surface area contributed by atoms with Gasteiger partial charge < -0.3 is 14.8 Å². The number of hydrogen-bond donors (Lipinski definition) is 1. The van der Waals surface area contributed by atoms with Crippen molar-refractivity contribution in [1.29, 1.82) is 0 Å². The molecule has 160 valence electrons. The maximum absolute atomic E-state index is 13.3. The molecule has 1 aliphatic carbocycles. The summed E-state index contributed by atoms with van der Waals surface area (Å²) in [5, 5.41) is 3.35. The van der Waals surface area contributed by atoms with Gasteiger partial charge in [0.15, 0.2) is 5.78 Å². The SMILES string of the molecule is C=CCOC(=O)C1=C(C)NC2=C(C(=O)CC(C)(C)C2)C1c1ccccc1OCCC. The molecule has 1 N–H and O–H groups in total. The third kappa shape index (κ3) is 4.35. The van der Waals surface area contributed by atoms with E-state index in [2.05, 4.69) is 25.7 Å². The quantitative estimate of drug-likeness (QED) is 0.517. The van der Waals surface area contributed by atoms with E-state index in [0.717, 1.165) is 24.1 Å². The van der Waals surface area contributed by atoms with Crippen LogP contribution in [-0.4, -0.2) is 25.0 Å². The lowest BCUT2D eigenvalue weighted by Gasteiger charge is -2.39. The minimum atomic E-state index is -0.518. The van der Waals surface area contributed by atoms with Crippen LogP contribution in [0.3, 0.4) is 0 Å². The predicted molar refractivity (Wildman–Crippen MR) is 117 cm³/mol. The minimum Gasteiger partial charge on any atom is -0.493 e. The van der Waals surface area contributed by atoms with Gasteiger partial charge in [-0.3, -0.25) is 4.79 Å². The second kappa shape index (κ2) is 8.90. The summed E-state index contributed by atoms with van der Waals surface area (Å²) in [5.41, 5.74) is 3.40. The van der Waals surface area contributed by atoms with Crippen molar-refractivity contribution in [2.75, 3.05) is 13.2 Å². The molecule has 0 saturated heterocycles. The molecule has 3 rings (SSSR count). The molecule has 0 saturated carbocycles. The molecule has 1 heterocycles. The van der Waals surface area contributed by atoms with Crippen LogP contribution in [0.4, 0.5) is 0 Å². The number of carbonyl (C=O) groups is 2. The van der Waals surface area contributed by atoms with Crippen LogP contribution in [0.25, 0.3) is 0 Å². The average molecular weight is 410 g/mol. The van der Waals surface area contributed by atoms with Crippen LogP contribution in [0.1, 0.15) is 58.4 Å². The Morgan fingerprint density at radius 2 is 2.03 bits per heavy atom. The van der Waals surface area contributed by atoms with Crippen LogP contribution in [0.2, 0.25) is 0 Å². The smallest absolute Gasteiger partial charge is 0.337 e. The van der Waals surface area contributed by atoms with Crippen LogP contribution >= 0.6 is 0 Å². The van der Waals surface area contributed by atoms with E-state index >= 15 is 0 Å².